The van der Waals surface area contributed by atoms with Crippen LogP contribution in [0.2, 0.25) is 0 Å². The smallest absolute Gasteiger partial charge is 0.258 e. The van der Waals surface area contributed by atoms with E-state index < -0.39 is 0 Å². The van der Waals surface area contributed by atoms with Gasteiger partial charge in [-0.05, 0) is 12.1 Å². The third-order valence-electron chi connectivity index (χ3n) is 1.91. The summed E-state index contributed by atoms with van der Waals surface area (Å²) in [7, 11) is 0. The second-order valence-electron chi connectivity index (χ2n) is 2.86. The van der Waals surface area contributed by atoms with E-state index in [1.807, 2.05) is 6.07 Å². The zero-order valence-corrected chi connectivity index (χ0v) is 8.17. The molecule has 1 aromatic carbocycles. The van der Waals surface area contributed by atoms with Gasteiger partial charge >= 0.3 is 0 Å². The maximum Gasteiger partial charge on any atom is 0.258 e. The molecular formula is C10H9NO2S. The molecule has 0 saturated carbocycles. The molecule has 1 aliphatic rings. The number of carbonyl (C=O) groups is 1. The molecule has 72 valence electrons. The molecule has 0 bridgehead atoms. The van der Waals surface area contributed by atoms with Crippen LogP contribution in [0, 0.1) is 0 Å². The lowest BCUT2D eigenvalue weighted by atomic mass is 10.2. The molecule has 0 radical (unpaired) electrons. The summed E-state index contributed by atoms with van der Waals surface area (Å²) in [5.74, 6) is 0.733. The van der Waals surface area contributed by atoms with E-state index in [0.717, 1.165) is 0 Å². The Morgan fingerprint density at radius 2 is 2.21 bits per heavy atom. The summed E-state index contributed by atoms with van der Waals surface area (Å²) in [6.07, 6.45) is 1.70. The second kappa shape index (κ2) is 3.75. The second-order valence-corrected chi connectivity index (χ2v) is 3.88. The normalized spacial score (nSPS) is 18.6. The SMILES string of the molecule is O=C1NCS/C1=C/c1ccccc1O. The Bertz CT molecular complexity index is 401. The highest BCUT2D eigenvalue weighted by Crippen LogP contribution is 2.26. The van der Waals surface area contributed by atoms with Crippen LogP contribution in [0.4, 0.5) is 0 Å². The molecule has 0 aromatic heterocycles. The summed E-state index contributed by atoms with van der Waals surface area (Å²) in [4.78, 5) is 11.9. The number of aromatic hydroxyl groups is 1. The van der Waals surface area contributed by atoms with Gasteiger partial charge in [-0.2, -0.15) is 0 Å². The Kier molecular flexibility index (Phi) is 2.45. The van der Waals surface area contributed by atoms with Gasteiger partial charge in [-0.3, -0.25) is 4.79 Å². The zero-order valence-electron chi connectivity index (χ0n) is 7.36. The van der Waals surface area contributed by atoms with Crippen LogP contribution in [0.1, 0.15) is 5.56 Å². The molecule has 4 heteroatoms. The van der Waals surface area contributed by atoms with Gasteiger partial charge in [-0.1, -0.05) is 30.0 Å². The van der Waals surface area contributed by atoms with Gasteiger partial charge in [-0.15, -0.1) is 0 Å². The van der Waals surface area contributed by atoms with Crippen molar-refractivity contribution in [2.75, 3.05) is 5.88 Å². The van der Waals surface area contributed by atoms with Gasteiger partial charge in [0.05, 0.1) is 10.8 Å². The first kappa shape index (κ1) is 9.15. The van der Waals surface area contributed by atoms with E-state index in [0.29, 0.717) is 16.3 Å². The van der Waals surface area contributed by atoms with E-state index in [1.165, 1.54) is 11.8 Å². The summed E-state index contributed by atoms with van der Waals surface area (Å²) in [5, 5.41) is 12.2. The molecule has 0 spiro atoms. The number of nitrogens with one attached hydrogen (secondary N) is 1. The number of para-hydroxylation sites is 1. The van der Waals surface area contributed by atoms with Crippen LogP contribution in [0.5, 0.6) is 5.75 Å². The Balaban J connectivity index is 2.33. The maximum absolute atomic E-state index is 11.2. The summed E-state index contributed by atoms with van der Waals surface area (Å²) in [5.41, 5.74) is 0.673. The van der Waals surface area contributed by atoms with Crippen LogP contribution < -0.4 is 5.32 Å². The molecule has 2 N–H and O–H groups in total. The number of amides is 1. The number of hydrogen-bond donors (Lipinski definition) is 2. The van der Waals surface area contributed by atoms with Gasteiger partial charge in [0.1, 0.15) is 5.75 Å². The largest absolute Gasteiger partial charge is 0.507 e. The van der Waals surface area contributed by atoms with Gasteiger partial charge in [0, 0.05) is 5.56 Å². The molecule has 1 aliphatic heterocycles. The van der Waals surface area contributed by atoms with Crippen molar-refractivity contribution in [3.8, 4) is 5.75 Å². The Morgan fingerprint density at radius 3 is 2.86 bits per heavy atom. The van der Waals surface area contributed by atoms with Crippen LogP contribution in [0.3, 0.4) is 0 Å². The summed E-state index contributed by atoms with van der Waals surface area (Å²) in [6, 6.07) is 6.95. The quantitative estimate of drug-likeness (QED) is 0.687. The zero-order chi connectivity index (χ0) is 9.97. The van der Waals surface area contributed by atoms with Gasteiger partial charge in [0.15, 0.2) is 0 Å². The van der Waals surface area contributed by atoms with Gasteiger partial charge in [0.25, 0.3) is 5.91 Å². The molecule has 1 aromatic rings. The number of carbonyl (C=O) groups excluding carboxylic acids is 1. The molecule has 2 rings (SSSR count). The standard InChI is InChI=1S/C10H9NO2S/c12-8-4-2-1-3-7(8)5-9-10(13)11-6-14-9/h1-5,12H,6H2,(H,11,13)/b9-5+. The van der Waals surface area contributed by atoms with Crippen molar-refractivity contribution >= 4 is 23.7 Å². The van der Waals surface area contributed by atoms with E-state index in [-0.39, 0.29) is 11.7 Å². The molecule has 14 heavy (non-hydrogen) atoms. The number of benzene rings is 1. The molecular weight excluding hydrogens is 198 g/mol. The van der Waals surface area contributed by atoms with Crippen LogP contribution in [-0.2, 0) is 4.79 Å². The van der Waals surface area contributed by atoms with Crippen LogP contribution in [0.15, 0.2) is 29.2 Å². The van der Waals surface area contributed by atoms with Gasteiger partial charge in [-0.25, -0.2) is 0 Å². The molecule has 3 nitrogen and oxygen atoms in total. The number of thioether (sulfide) groups is 1. The Morgan fingerprint density at radius 1 is 1.43 bits per heavy atom. The average molecular weight is 207 g/mol. The molecule has 0 unspecified atom stereocenters. The maximum atomic E-state index is 11.2. The van der Waals surface area contributed by atoms with E-state index in [9.17, 15) is 9.90 Å². The van der Waals surface area contributed by atoms with Crippen molar-refractivity contribution in [3.05, 3.63) is 34.7 Å². The number of phenolic OH excluding ortho intramolecular Hbond substituents is 1. The van der Waals surface area contributed by atoms with Crippen LogP contribution in [-0.4, -0.2) is 16.9 Å². The fourth-order valence-electron chi connectivity index (χ4n) is 1.19. The lowest BCUT2D eigenvalue weighted by Gasteiger charge is -1.98. The molecule has 0 atom stereocenters. The first-order valence-corrected chi connectivity index (χ1v) is 5.16. The summed E-state index contributed by atoms with van der Waals surface area (Å²) in [6.45, 7) is 0. The predicted molar refractivity (Wildman–Crippen MR) is 56.7 cm³/mol. The molecule has 1 saturated heterocycles. The molecule has 0 aliphatic carbocycles. The number of rotatable bonds is 1. The summed E-state index contributed by atoms with van der Waals surface area (Å²) >= 11 is 1.44. The van der Waals surface area contributed by atoms with Gasteiger partial charge in [0.2, 0.25) is 0 Å². The minimum atomic E-state index is -0.0711. The monoisotopic (exact) mass is 207 g/mol. The fourth-order valence-corrected chi connectivity index (χ4v) is 1.96. The third kappa shape index (κ3) is 1.75. The van der Waals surface area contributed by atoms with Crippen molar-refractivity contribution < 1.29 is 9.90 Å². The highest BCUT2D eigenvalue weighted by Gasteiger charge is 2.16. The van der Waals surface area contributed by atoms with Crippen molar-refractivity contribution in [2.24, 2.45) is 0 Å². The van der Waals surface area contributed by atoms with Crippen LogP contribution >= 0.6 is 11.8 Å². The molecule has 1 fully saturated rings. The topological polar surface area (TPSA) is 49.3 Å². The van der Waals surface area contributed by atoms with E-state index >= 15 is 0 Å². The number of phenols is 1. The minimum absolute atomic E-state index is 0.0711. The van der Waals surface area contributed by atoms with E-state index in [1.54, 1.807) is 24.3 Å². The van der Waals surface area contributed by atoms with Crippen molar-refractivity contribution in [2.45, 2.75) is 0 Å². The number of hydrogen-bond acceptors (Lipinski definition) is 3. The Labute approximate surface area is 85.8 Å². The van der Waals surface area contributed by atoms with Crippen molar-refractivity contribution in [3.63, 3.8) is 0 Å². The van der Waals surface area contributed by atoms with E-state index in [2.05, 4.69) is 5.32 Å². The minimum Gasteiger partial charge on any atom is -0.507 e. The molecule has 1 amide bonds. The van der Waals surface area contributed by atoms with Crippen LogP contribution in [0.25, 0.3) is 6.08 Å². The predicted octanol–water partition coefficient (Wildman–Crippen LogP) is 1.55. The highest BCUT2D eigenvalue weighted by molar-refractivity contribution is 8.04. The third-order valence-corrected chi connectivity index (χ3v) is 2.81. The Hall–Kier alpha value is -1.42. The average Bonchev–Trinajstić information content (AvgIpc) is 2.56. The van der Waals surface area contributed by atoms with Crippen molar-refractivity contribution in [1.82, 2.24) is 5.32 Å². The highest BCUT2D eigenvalue weighted by atomic mass is 32.2. The fraction of sp³-hybridized carbons (Fsp3) is 0.100. The van der Waals surface area contributed by atoms with Crippen molar-refractivity contribution in [1.29, 1.82) is 0 Å². The van der Waals surface area contributed by atoms with Gasteiger partial charge < -0.3 is 10.4 Å². The van der Waals surface area contributed by atoms with E-state index in [4.69, 9.17) is 0 Å². The summed E-state index contributed by atoms with van der Waals surface area (Å²) < 4.78 is 0. The molecule has 1 heterocycles. The first-order chi connectivity index (χ1) is 6.77. The first-order valence-electron chi connectivity index (χ1n) is 4.18. The lowest BCUT2D eigenvalue weighted by Crippen LogP contribution is -2.13. The lowest BCUT2D eigenvalue weighted by molar-refractivity contribution is -0.116.